The second kappa shape index (κ2) is 6.87. The van der Waals surface area contributed by atoms with Crippen LogP contribution in [0.3, 0.4) is 0 Å². The topological polar surface area (TPSA) is 50.4 Å². The largest absolute Gasteiger partial charge is 0.496 e. The van der Waals surface area contributed by atoms with E-state index in [1.165, 1.54) is 32.4 Å². The van der Waals surface area contributed by atoms with Crippen LogP contribution in [0.1, 0.15) is 50.6 Å². The van der Waals surface area contributed by atoms with Gasteiger partial charge in [-0.3, -0.25) is 4.79 Å². The second-order valence-electron chi connectivity index (χ2n) is 6.69. The molecule has 1 saturated heterocycles. The van der Waals surface area contributed by atoms with Gasteiger partial charge in [0.1, 0.15) is 11.6 Å². The van der Waals surface area contributed by atoms with Gasteiger partial charge in [-0.05, 0) is 44.2 Å². The van der Waals surface area contributed by atoms with Crippen molar-refractivity contribution in [2.24, 2.45) is 5.92 Å². The molecular formula is C18H25FN2O2. The molecule has 1 aromatic carbocycles. The third-order valence-corrected chi connectivity index (χ3v) is 5.20. The maximum absolute atomic E-state index is 14.1. The van der Waals surface area contributed by atoms with E-state index in [0.717, 1.165) is 12.8 Å². The molecule has 2 N–H and O–H groups in total. The first-order valence-electron chi connectivity index (χ1n) is 8.49. The fourth-order valence-electron chi connectivity index (χ4n) is 4.02. The van der Waals surface area contributed by atoms with Gasteiger partial charge in [-0.2, -0.15) is 0 Å². The van der Waals surface area contributed by atoms with Crippen molar-refractivity contribution in [3.8, 4) is 5.75 Å². The van der Waals surface area contributed by atoms with E-state index in [1.54, 1.807) is 19.1 Å². The third kappa shape index (κ3) is 3.34. The summed E-state index contributed by atoms with van der Waals surface area (Å²) in [7, 11) is 1.51. The molecule has 0 radical (unpaired) electrons. The van der Waals surface area contributed by atoms with Gasteiger partial charge >= 0.3 is 0 Å². The Morgan fingerprint density at radius 1 is 1.39 bits per heavy atom. The minimum Gasteiger partial charge on any atom is -0.496 e. The zero-order valence-electron chi connectivity index (χ0n) is 13.8. The Balaban J connectivity index is 1.66. The number of carbonyl (C=O) groups excluding carboxylic acids is 1. The fourth-order valence-corrected chi connectivity index (χ4v) is 4.02. The molecule has 1 aliphatic heterocycles. The first kappa shape index (κ1) is 16.2. The van der Waals surface area contributed by atoms with Crippen LogP contribution in [0.2, 0.25) is 0 Å². The fraction of sp³-hybridized carbons (Fsp3) is 0.611. The molecule has 1 aromatic rings. The van der Waals surface area contributed by atoms with Gasteiger partial charge in [-0.15, -0.1) is 0 Å². The highest BCUT2D eigenvalue weighted by atomic mass is 19.1. The smallest absolute Gasteiger partial charge is 0.237 e. The second-order valence-corrected chi connectivity index (χ2v) is 6.69. The molecule has 1 saturated carbocycles. The van der Waals surface area contributed by atoms with Crippen molar-refractivity contribution < 1.29 is 13.9 Å². The van der Waals surface area contributed by atoms with Crippen LogP contribution in [0.25, 0.3) is 0 Å². The highest BCUT2D eigenvalue weighted by molar-refractivity contribution is 5.82. The molecule has 5 heteroatoms. The van der Waals surface area contributed by atoms with E-state index in [0.29, 0.717) is 23.3 Å². The number of rotatable bonds is 4. The average molecular weight is 320 g/mol. The normalized spacial score (nSPS) is 28.0. The number of amides is 1. The predicted molar refractivity (Wildman–Crippen MR) is 86.8 cm³/mol. The molecule has 3 rings (SSSR count). The number of hydrogen-bond donors (Lipinski definition) is 2. The molecule has 4 atom stereocenters. The predicted octanol–water partition coefficient (Wildman–Crippen LogP) is 2.93. The maximum Gasteiger partial charge on any atom is 0.237 e. The number of fused-ring (bicyclic) bond motifs is 1. The van der Waals surface area contributed by atoms with Crippen LogP contribution in [-0.4, -0.2) is 25.1 Å². The van der Waals surface area contributed by atoms with Crippen LogP contribution in [-0.2, 0) is 4.79 Å². The van der Waals surface area contributed by atoms with Gasteiger partial charge in [0, 0.05) is 6.04 Å². The van der Waals surface area contributed by atoms with E-state index >= 15 is 0 Å². The van der Waals surface area contributed by atoms with E-state index in [1.807, 2.05) is 0 Å². The Morgan fingerprint density at radius 2 is 2.17 bits per heavy atom. The Labute approximate surface area is 136 Å². The van der Waals surface area contributed by atoms with Crippen molar-refractivity contribution in [2.45, 2.75) is 57.2 Å². The summed E-state index contributed by atoms with van der Waals surface area (Å²) in [6, 6.07) is 4.59. The molecule has 23 heavy (non-hydrogen) atoms. The summed E-state index contributed by atoms with van der Waals surface area (Å²) in [5, 5.41) is 6.40. The van der Waals surface area contributed by atoms with Crippen LogP contribution >= 0.6 is 0 Å². The van der Waals surface area contributed by atoms with Crippen molar-refractivity contribution in [3.63, 3.8) is 0 Å². The number of methoxy groups -OCH3 is 1. The number of halogens is 1. The quantitative estimate of drug-likeness (QED) is 0.897. The highest BCUT2D eigenvalue weighted by Gasteiger charge is 2.38. The minimum atomic E-state index is -0.428. The minimum absolute atomic E-state index is 0.0443. The zero-order valence-corrected chi connectivity index (χ0v) is 13.8. The number of ether oxygens (including phenoxy) is 1. The summed E-state index contributed by atoms with van der Waals surface area (Å²) in [5.41, 5.74) is 0.402. The van der Waals surface area contributed by atoms with Crippen LogP contribution in [0.5, 0.6) is 5.75 Å². The van der Waals surface area contributed by atoms with Crippen molar-refractivity contribution in [1.82, 2.24) is 10.6 Å². The van der Waals surface area contributed by atoms with Gasteiger partial charge in [-0.1, -0.05) is 18.9 Å². The van der Waals surface area contributed by atoms with Gasteiger partial charge in [0.05, 0.1) is 24.8 Å². The van der Waals surface area contributed by atoms with Crippen molar-refractivity contribution in [3.05, 3.63) is 29.6 Å². The molecule has 4 nitrogen and oxygen atoms in total. The standard InChI is InChI=1S/C18H25FN2O2/c1-11(17-13(19)7-5-9-16(17)23-2)20-18(22)15-10-12-6-3-4-8-14(12)21-15/h5,7,9,11-12,14-15,21H,3-4,6,8,10H2,1-2H3,(H,20,22). The van der Waals surface area contributed by atoms with Crippen LogP contribution in [0.4, 0.5) is 4.39 Å². The summed E-state index contributed by atoms with van der Waals surface area (Å²) < 4.78 is 19.3. The van der Waals surface area contributed by atoms with Crippen molar-refractivity contribution >= 4 is 5.91 Å². The Hall–Kier alpha value is -1.62. The monoisotopic (exact) mass is 320 g/mol. The van der Waals surface area contributed by atoms with E-state index in [9.17, 15) is 9.18 Å². The van der Waals surface area contributed by atoms with Gasteiger partial charge < -0.3 is 15.4 Å². The van der Waals surface area contributed by atoms with E-state index in [4.69, 9.17) is 4.74 Å². The first-order valence-corrected chi connectivity index (χ1v) is 8.49. The van der Waals surface area contributed by atoms with E-state index in [2.05, 4.69) is 10.6 Å². The lowest BCUT2D eigenvalue weighted by Gasteiger charge is -2.24. The number of hydrogen-bond acceptors (Lipinski definition) is 3. The third-order valence-electron chi connectivity index (χ3n) is 5.20. The van der Waals surface area contributed by atoms with Crippen molar-refractivity contribution in [2.75, 3.05) is 7.11 Å². The number of carbonyl (C=O) groups is 1. The summed E-state index contributed by atoms with van der Waals surface area (Å²) in [6.45, 7) is 1.79. The van der Waals surface area contributed by atoms with E-state index in [-0.39, 0.29) is 17.8 Å². The summed E-state index contributed by atoms with van der Waals surface area (Å²) in [5.74, 6) is 0.672. The molecule has 0 spiro atoms. The summed E-state index contributed by atoms with van der Waals surface area (Å²) in [4.78, 5) is 12.5. The first-order chi connectivity index (χ1) is 11.1. The Bertz CT molecular complexity index is 564. The van der Waals surface area contributed by atoms with Crippen LogP contribution < -0.4 is 15.4 Å². The molecule has 4 unspecified atom stereocenters. The van der Waals surface area contributed by atoms with Gasteiger partial charge in [0.15, 0.2) is 0 Å². The molecular weight excluding hydrogens is 295 g/mol. The molecule has 1 amide bonds. The lowest BCUT2D eigenvalue weighted by atomic mass is 9.85. The molecule has 126 valence electrons. The molecule has 0 bridgehead atoms. The lowest BCUT2D eigenvalue weighted by molar-refractivity contribution is -0.123. The van der Waals surface area contributed by atoms with Crippen LogP contribution in [0, 0.1) is 11.7 Å². The molecule has 1 heterocycles. The lowest BCUT2D eigenvalue weighted by Crippen LogP contribution is -2.44. The average Bonchev–Trinajstić information content (AvgIpc) is 2.98. The number of nitrogens with one attached hydrogen (secondary N) is 2. The van der Waals surface area contributed by atoms with Crippen LogP contribution in [0.15, 0.2) is 18.2 Å². The highest BCUT2D eigenvalue weighted by Crippen LogP contribution is 2.34. The molecule has 1 aliphatic carbocycles. The SMILES string of the molecule is COc1cccc(F)c1C(C)NC(=O)C1CC2CCCCC2N1. The van der Waals surface area contributed by atoms with Crippen molar-refractivity contribution in [1.29, 1.82) is 0 Å². The molecule has 2 aliphatic rings. The maximum atomic E-state index is 14.1. The molecule has 0 aromatic heterocycles. The summed E-state index contributed by atoms with van der Waals surface area (Å²) >= 11 is 0. The zero-order chi connectivity index (χ0) is 16.4. The van der Waals surface area contributed by atoms with Gasteiger partial charge in [0.2, 0.25) is 5.91 Å². The van der Waals surface area contributed by atoms with E-state index < -0.39 is 6.04 Å². The van der Waals surface area contributed by atoms with Gasteiger partial charge in [0.25, 0.3) is 0 Å². The molecule has 2 fully saturated rings. The Kier molecular flexibility index (Phi) is 4.85. The summed E-state index contributed by atoms with van der Waals surface area (Å²) in [6.07, 6.45) is 5.76. The number of benzene rings is 1. The van der Waals surface area contributed by atoms with Gasteiger partial charge in [-0.25, -0.2) is 4.39 Å². The Morgan fingerprint density at radius 3 is 2.91 bits per heavy atom.